The second kappa shape index (κ2) is 7.33. The van der Waals surface area contributed by atoms with Crippen molar-refractivity contribution in [1.29, 1.82) is 0 Å². The van der Waals surface area contributed by atoms with Crippen molar-refractivity contribution in [3.05, 3.63) is 70.4 Å². The summed E-state index contributed by atoms with van der Waals surface area (Å²) < 4.78 is 17.7. The van der Waals surface area contributed by atoms with E-state index in [4.69, 9.17) is 10.3 Å². The standard InChI is InChI=1S/C14H10FN3O2S/c15-11-3-7-13(8-4-11)20-14(19)21-9-10-1-5-12(6-2-10)17-18-16/h1-8H,9H2. The maximum absolute atomic E-state index is 12.7. The maximum Gasteiger partial charge on any atom is 0.373 e. The molecule has 0 bridgehead atoms. The van der Waals surface area contributed by atoms with Crippen molar-refractivity contribution < 1.29 is 13.9 Å². The summed E-state index contributed by atoms with van der Waals surface area (Å²) in [5.74, 6) is 0.339. The fraction of sp³-hybridized carbons (Fsp3) is 0.0714. The Balaban J connectivity index is 1.86. The molecular formula is C14H10FN3O2S. The highest BCUT2D eigenvalue weighted by atomic mass is 32.2. The summed E-state index contributed by atoms with van der Waals surface area (Å²) >= 11 is 0.989. The molecule has 0 saturated heterocycles. The van der Waals surface area contributed by atoms with Crippen molar-refractivity contribution in [1.82, 2.24) is 0 Å². The zero-order chi connectivity index (χ0) is 15.1. The van der Waals surface area contributed by atoms with E-state index in [1.807, 2.05) is 0 Å². The van der Waals surface area contributed by atoms with Gasteiger partial charge in [-0.25, -0.2) is 9.18 Å². The third-order valence-electron chi connectivity index (χ3n) is 2.47. The SMILES string of the molecule is [N-]=[N+]=Nc1ccc(CSC(=O)Oc2ccc(F)cc2)cc1. The van der Waals surface area contributed by atoms with Crippen molar-refractivity contribution in [2.45, 2.75) is 5.75 Å². The second-order valence-corrected chi connectivity index (χ2v) is 4.86. The monoisotopic (exact) mass is 303 g/mol. The number of nitrogens with zero attached hydrogens (tertiary/aromatic N) is 3. The number of rotatable bonds is 4. The fourth-order valence-corrected chi connectivity index (χ4v) is 2.11. The van der Waals surface area contributed by atoms with E-state index in [-0.39, 0.29) is 5.82 Å². The van der Waals surface area contributed by atoms with Crippen LogP contribution in [-0.4, -0.2) is 5.30 Å². The highest BCUT2D eigenvalue weighted by molar-refractivity contribution is 8.12. The van der Waals surface area contributed by atoms with Crippen LogP contribution >= 0.6 is 11.8 Å². The Labute approximate surface area is 124 Å². The Morgan fingerprint density at radius 2 is 1.86 bits per heavy atom. The summed E-state index contributed by atoms with van der Waals surface area (Å²) in [7, 11) is 0. The molecule has 0 atom stereocenters. The molecule has 2 aromatic carbocycles. The highest BCUT2D eigenvalue weighted by Gasteiger charge is 2.06. The molecule has 0 aliphatic carbocycles. The van der Waals surface area contributed by atoms with E-state index in [1.165, 1.54) is 24.3 Å². The lowest BCUT2D eigenvalue weighted by Gasteiger charge is -2.04. The molecule has 0 N–H and O–H groups in total. The van der Waals surface area contributed by atoms with E-state index in [0.29, 0.717) is 17.2 Å². The number of halogens is 1. The molecule has 0 aromatic heterocycles. The van der Waals surface area contributed by atoms with Gasteiger partial charge in [-0.2, -0.15) is 0 Å². The summed E-state index contributed by atoms with van der Waals surface area (Å²) in [5.41, 5.74) is 9.70. The lowest BCUT2D eigenvalue weighted by Crippen LogP contribution is -2.01. The molecule has 0 radical (unpaired) electrons. The van der Waals surface area contributed by atoms with Crippen LogP contribution in [0.4, 0.5) is 14.9 Å². The molecule has 0 spiro atoms. The quantitative estimate of drug-likeness (QED) is 0.337. The van der Waals surface area contributed by atoms with Gasteiger partial charge < -0.3 is 4.74 Å². The van der Waals surface area contributed by atoms with Crippen molar-refractivity contribution >= 4 is 22.8 Å². The van der Waals surface area contributed by atoms with E-state index >= 15 is 0 Å². The first-order valence-electron chi connectivity index (χ1n) is 5.91. The minimum atomic E-state index is -0.472. The molecule has 0 amide bonds. The van der Waals surface area contributed by atoms with Gasteiger partial charge in [0.25, 0.3) is 0 Å². The van der Waals surface area contributed by atoms with Gasteiger partial charge >= 0.3 is 5.30 Å². The minimum absolute atomic E-state index is 0.299. The number of hydrogen-bond donors (Lipinski definition) is 0. The number of ether oxygens (including phenoxy) is 1. The third kappa shape index (κ3) is 4.83. The molecule has 0 aliphatic heterocycles. The van der Waals surface area contributed by atoms with Gasteiger partial charge in [0.15, 0.2) is 0 Å². The predicted octanol–water partition coefficient (Wildman–Crippen LogP) is 5.20. The molecule has 0 unspecified atom stereocenters. The van der Waals surface area contributed by atoms with Gasteiger partial charge in [-0.3, -0.25) is 0 Å². The van der Waals surface area contributed by atoms with Gasteiger partial charge in [-0.15, -0.1) is 0 Å². The van der Waals surface area contributed by atoms with Gasteiger partial charge in [-0.05, 0) is 47.1 Å². The zero-order valence-corrected chi connectivity index (χ0v) is 11.6. The van der Waals surface area contributed by atoms with Gasteiger partial charge in [-0.1, -0.05) is 29.4 Å². The topological polar surface area (TPSA) is 75.1 Å². The van der Waals surface area contributed by atoms with Crippen LogP contribution in [0.15, 0.2) is 53.6 Å². The van der Waals surface area contributed by atoms with Crippen LogP contribution in [-0.2, 0) is 5.75 Å². The van der Waals surface area contributed by atoms with E-state index in [9.17, 15) is 9.18 Å². The van der Waals surface area contributed by atoms with E-state index < -0.39 is 5.30 Å². The van der Waals surface area contributed by atoms with Crippen LogP contribution in [0.2, 0.25) is 0 Å². The molecule has 0 fully saturated rings. The average molecular weight is 303 g/mol. The van der Waals surface area contributed by atoms with Crippen LogP contribution < -0.4 is 4.74 Å². The Morgan fingerprint density at radius 3 is 2.48 bits per heavy atom. The first-order chi connectivity index (χ1) is 10.2. The van der Waals surface area contributed by atoms with Crippen LogP contribution in [0.1, 0.15) is 5.56 Å². The van der Waals surface area contributed by atoms with Crippen LogP contribution in [0.25, 0.3) is 10.4 Å². The lowest BCUT2D eigenvalue weighted by atomic mass is 10.2. The van der Waals surface area contributed by atoms with Gasteiger partial charge in [0, 0.05) is 16.4 Å². The molecule has 7 heteroatoms. The minimum Gasteiger partial charge on any atom is -0.418 e. The fourth-order valence-electron chi connectivity index (χ4n) is 1.48. The van der Waals surface area contributed by atoms with Gasteiger partial charge in [0.1, 0.15) is 11.6 Å². The maximum atomic E-state index is 12.7. The number of thioether (sulfide) groups is 1. The molecule has 0 saturated carbocycles. The molecule has 0 heterocycles. The van der Waals surface area contributed by atoms with Crippen molar-refractivity contribution in [2.24, 2.45) is 5.11 Å². The smallest absolute Gasteiger partial charge is 0.373 e. The number of azide groups is 1. The molecule has 2 aromatic rings. The largest absolute Gasteiger partial charge is 0.418 e. The number of benzene rings is 2. The van der Waals surface area contributed by atoms with Crippen LogP contribution in [0.5, 0.6) is 5.75 Å². The van der Waals surface area contributed by atoms with E-state index in [2.05, 4.69) is 10.0 Å². The summed E-state index contributed by atoms with van der Waals surface area (Å²) in [5, 5.41) is 2.99. The molecular weight excluding hydrogens is 293 g/mol. The number of carbonyl (C=O) groups excluding carboxylic acids is 1. The lowest BCUT2D eigenvalue weighted by molar-refractivity contribution is 0.227. The summed E-state index contributed by atoms with van der Waals surface area (Å²) in [6.07, 6.45) is 0. The third-order valence-corrected chi connectivity index (χ3v) is 3.26. The van der Waals surface area contributed by atoms with Crippen LogP contribution in [0, 0.1) is 5.82 Å². The Morgan fingerprint density at radius 1 is 1.19 bits per heavy atom. The Hall–Kier alpha value is -2.50. The molecule has 5 nitrogen and oxygen atoms in total. The summed E-state index contributed by atoms with van der Waals surface area (Å²) in [6, 6.07) is 12.1. The van der Waals surface area contributed by atoms with Gasteiger partial charge in [0.05, 0.1) is 0 Å². The molecule has 21 heavy (non-hydrogen) atoms. The normalized spacial score (nSPS) is 9.76. The van der Waals surface area contributed by atoms with Gasteiger partial charge in [0.2, 0.25) is 0 Å². The number of carbonyl (C=O) groups is 1. The Bertz CT molecular complexity index is 668. The highest BCUT2D eigenvalue weighted by Crippen LogP contribution is 2.20. The van der Waals surface area contributed by atoms with E-state index in [1.54, 1.807) is 24.3 Å². The van der Waals surface area contributed by atoms with Crippen molar-refractivity contribution in [3.63, 3.8) is 0 Å². The summed E-state index contributed by atoms with van der Waals surface area (Å²) in [4.78, 5) is 14.3. The number of hydrogen-bond acceptors (Lipinski definition) is 4. The second-order valence-electron chi connectivity index (χ2n) is 3.95. The van der Waals surface area contributed by atoms with Crippen molar-refractivity contribution in [2.75, 3.05) is 0 Å². The van der Waals surface area contributed by atoms with Crippen molar-refractivity contribution in [3.8, 4) is 5.75 Å². The molecule has 2 rings (SSSR count). The summed E-state index contributed by atoms with van der Waals surface area (Å²) in [6.45, 7) is 0. The first-order valence-corrected chi connectivity index (χ1v) is 6.90. The first kappa shape index (κ1) is 14.9. The average Bonchev–Trinajstić information content (AvgIpc) is 2.49. The predicted molar refractivity (Wildman–Crippen MR) is 79.0 cm³/mol. The molecule has 106 valence electrons. The van der Waals surface area contributed by atoms with E-state index in [0.717, 1.165) is 17.3 Å². The molecule has 0 aliphatic rings. The zero-order valence-electron chi connectivity index (χ0n) is 10.8. The Kier molecular flexibility index (Phi) is 5.20. The van der Waals surface area contributed by atoms with Crippen LogP contribution in [0.3, 0.4) is 0 Å².